The van der Waals surface area contributed by atoms with Crippen LogP contribution in [-0.2, 0) is 11.3 Å². The van der Waals surface area contributed by atoms with Crippen LogP contribution in [0.1, 0.15) is 29.1 Å². The van der Waals surface area contributed by atoms with Gasteiger partial charge in [0.1, 0.15) is 9.88 Å². The average Bonchev–Trinajstić information content (AvgIpc) is 3.34. The van der Waals surface area contributed by atoms with Gasteiger partial charge in [0.2, 0.25) is 0 Å². The van der Waals surface area contributed by atoms with E-state index in [1.807, 2.05) is 35.7 Å². The molecule has 2 atom stereocenters. The highest BCUT2D eigenvalue weighted by Gasteiger charge is 2.23. The lowest BCUT2D eigenvalue weighted by molar-refractivity contribution is -0.0704. The number of ether oxygens (including phenoxy) is 1. The topological polar surface area (TPSA) is 54.5 Å². The first-order chi connectivity index (χ1) is 13.6. The predicted octanol–water partition coefficient (Wildman–Crippen LogP) is 4.73. The Morgan fingerprint density at radius 3 is 2.75 bits per heavy atom. The van der Waals surface area contributed by atoms with Crippen LogP contribution in [0.25, 0.3) is 9.88 Å². The molecule has 0 bridgehead atoms. The van der Waals surface area contributed by atoms with Gasteiger partial charge >= 0.3 is 0 Å². The number of aromatic nitrogens is 1. The van der Waals surface area contributed by atoms with Crippen molar-refractivity contribution >= 4 is 34.3 Å². The summed E-state index contributed by atoms with van der Waals surface area (Å²) < 4.78 is 5.82. The van der Waals surface area contributed by atoms with Crippen molar-refractivity contribution in [3.05, 3.63) is 58.4 Å². The van der Waals surface area contributed by atoms with Crippen molar-refractivity contribution in [1.29, 1.82) is 0 Å². The number of morpholine rings is 1. The van der Waals surface area contributed by atoms with E-state index in [1.54, 1.807) is 17.5 Å². The number of carbonyl (C=O) groups is 1. The Morgan fingerprint density at radius 1 is 1.21 bits per heavy atom. The molecule has 0 saturated carbocycles. The van der Waals surface area contributed by atoms with Gasteiger partial charge in [-0.15, -0.1) is 22.7 Å². The van der Waals surface area contributed by atoms with E-state index in [4.69, 9.17) is 4.74 Å². The molecule has 1 N–H and O–H groups in total. The molecule has 1 aliphatic rings. The van der Waals surface area contributed by atoms with E-state index in [1.165, 1.54) is 11.3 Å². The van der Waals surface area contributed by atoms with Crippen LogP contribution in [0.3, 0.4) is 0 Å². The number of hydrogen-bond acceptors (Lipinski definition) is 6. The van der Waals surface area contributed by atoms with E-state index in [-0.39, 0.29) is 18.1 Å². The number of hydrogen-bond donors (Lipinski definition) is 1. The van der Waals surface area contributed by atoms with Crippen molar-refractivity contribution in [3.63, 3.8) is 0 Å². The quantitative estimate of drug-likeness (QED) is 0.657. The summed E-state index contributed by atoms with van der Waals surface area (Å²) in [5, 5.41) is 5.97. The molecular formula is C21H23N3O2S2. The highest BCUT2D eigenvalue weighted by molar-refractivity contribution is 7.22. The lowest BCUT2D eigenvalue weighted by atomic mass is 10.1. The van der Waals surface area contributed by atoms with Crippen molar-refractivity contribution in [2.75, 3.05) is 18.4 Å². The number of rotatable bonds is 5. The van der Waals surface area contributed by atoms with Gasteiger partial charge in [0.15, 0.2) is 0 Å². The minimum atomic E-state index is -0.114. The molecule has 2 unspecified atom stereocenters. The second-order valence-electron chi connectivity index (χ2n) is 7.07. The van der Waals surface area contributed by atoms with E-state index in [2.05, 4.69) is 35.1 Å². The normalized spacial score (nSPS) is 20.2. The van der Waals surface area contributed by atoms with Crippen LogP contribution in [-0.4, -0.2) is 41.1 Å². The van der Waals surface area contributed by atoms with Crippen LogP contribution in [0, 0.1) is 0 Å². The van der Waals surface area contributed by atoms with E-state index >= 15 is 0 Å². The highest BCUT2D eigenvalue weighted by atomic mass is 32.1. The van der Waals surface area contributed by atoms with Crippen molar-refractivity contribution in [2.24, 2.45) is 0 Å². The molecule has 4 rings (SSSR count). The summed E-state index contributed by atoms with van der Waals surface area (Å²) in [5.74, 6) is -0.114. The van der Waals surface area contributed by atoms with Gasteiger partial charge < -0.3 is 10.1 Å². The molecule has 3 heterocycles. The van der Waals surface area contributed by atoms with Crippen molar-refractivity contribution in [2.45, 2.75) is 32.6 Å². The predicted molar refractivity (Wildman–Crippen MR) is 115 cm³/mol. The molecule has 0 spiro atoms. The fraction of sp³-hybridized carbons (Fsp3) is 0.333. The maximum Gasteiger partial charge on any atom is 0.267 e. The molecule has 3 aromatic rings. The molecule has 28 heavy (non-hydrogen) atoms. The molecule has 1 saturated heterocycles. The number of nitrogens with one attached hydrogen (secondary N) is 1. The number of nitrogens with zero attached hydrogens (tertiary/aromatic N) is 2. The molecule has 5 nitrogen and oxygen atoms in total. The number of para-hydroxylation sites is 1. The Morgan fingerprint density at radius 2 is 2.00 bits per heavy atom. The van der Waals surface area contributed by atoms with Gasteiger partial charge in [-0.25, -0.2) is 4.98 Å². The Balaban J connectivity index is 1.47. The summed E-state index contributed by atoms with van der Waals surface area (Å²) in [7, 11) is 0. The lowest BCUT2D eigenvalue weighted by Gasteiger charge is -2.35. The van der Waals surface area contributed by atoms with Gasteiger partial charge in [0.05, 0.1) is 23.3 Å². The second-order valence-corrected chi connectivity index (χ2v) is 9.05. The highest BCUT2D eigenvalue weighted by Crippen LogP contribution is 2.29. The molecule has 1 aromatic carbocycles. The smallest absolute Gasteiger partial charge is 0.267 e. The van der Waals surface area contributed by atoms with Gasteiger partial charge in [0.25, 0.3) is 5.91 Å². The van der Waals surface area contributed by atoms with Crippen molar-refractivity contribution < 1.29 is 9.53 Å². The van der Waals surface area contributed by atoms with E-state index in [0.29, 0.717) is 4.88 Å². The zero-order valence-corrected chi connectivity index (χ0v) is 17.6. The van der Waals surface area contributed by atoms with Gasteiger partial charge in [-0.2, -0.15) is 0 Å². The van der Waals surface area contributed by atoms with Crippen molar-refractivity contribution in [1.82, 2.24) is 9.88 Å². The molecule has 1 amide bonds. The zero-order chi connectivity index (χ0) is 19.5. The zero-order valence-electron chi connectivity index (χ0n) is 15.9. The summed E-state index contributed by atoms with van der Waals surface area (Å²) in [6, 6.07) is 12.0. The summed E-state index contributed by atoms with van der Waals surface area (Å²) in [5.41, 5.74) is 1.96. The Hall–Kier alpha value is -2.06. The summed E-state index contributed by atoms with van der Waals surface area (Å²) >= 11 is 3.05. The fourth-order valence-corrected chi connectivity index (χ4v) is 5.13. The summed E-state index contributed by atoms with van der Waals surface area (Å²) in [6.45, 7) is 6.78. The first kappa shape index (κ1) is 19.3. The van der Waals surface area contributed by atoms with Crippen LogP contribution in [0.2, 0.25) is 0 Å². The first-order valence-corrected chi connectivity index (χ1v) is 11.0. The fourth-order valence-electron chi connectivity index (χ4n) is 3.51. The third kappa shape index (κ3) is 4.50. The third-order valence-corrected chi connectivity index (χ3v) is 6.65. The maximum absolute atomic E-state index is 12.8. The molecule has 1 fully saturated rings. The monoisotopic (exact) mass is 413 g/mol. The number of amides is 1. The summed E-state index contributed by atoms with van der Waals surface area (Å²) in [4.78, 5) is 21.3. The minimum Gasteiger partial charge on any atom is -0.373 e. The molecular weight excluding hydrogens is 390 g/mol. The van der Waals surface area contributed by atoms with E-state index in [9.17, 15) is 4.79 Å². The van der Waals surface area contributed by atoms with Crippen LogP contribution >= 0.6 is 22.7 Å². The van der Waals surface area contributed by atoms with E-state index in [0.717, 1.165) is 40.8 Å². The van der Waals surface area contributed by atoms with Crippen LogP contribution < -0.4 is 5.32 Å². The van der Waals surface area contributed by atoms with Crippen molar-refractivity contribution in [3.8, 4) is 9.88 Å². The van der Waals surface area contributed by atoms with Gasteiger partial charge in [-0.3, -0.25) is 9.69 Å². The average molecular weight is 414 g/mol. The molecule has 0 radical (unpaired) electrons. The number of benzene rings is 1. The van der Waals surface area contributed by atoms with Gasteiger partial charge in [-0.1, -0.05) is 24.3 Å². The molecule has 2 aromatic heterocycles. The van der Waals surface area contributed by atoms with Crippen LogP contribution in [0.4, 0.5) is 5.69 Å². The Kier molecular flexibility index (Phi) is 5.87. The molecule has 0 aliphatic carbocycles. The summed E-state index contributed by atoms with van der Waals surface area (Å²) in [6.07, 6.45) is 2.10. The largest absolute Gasteiger partial charge is 0.373 e. The minimum absolute atomic E-state index is 0.114. The van der Waals surface area contributed by atoms with Crippen LogP contribution in [0.5, 0.6) is 0 Å². The number of anilines is 1. The Labute approximate surface area is 173 Å². The lowest BCUT2D eigenvalue weighted by Crippen LogP contribution is -2.44. The third-order valence-electron chi connectivity index (χ3n) is 4.62. The first-order valence-electron chi connectivity index (χ1n) is 9.35. The standard InChI is InChI=1S/C21H23N3O2S2/c1-14-11-24(12-15(2)26-14)13-16-6-3-4-7-17(16)23-20(25)19-10-22-21(28-19)18-8-5-9-27-18/h3-10,14-15H,11-13H2,1-2H3,(H,23,25). The number of carbonyl (C=O) groups excluding carboxylic acids is 1. The molecule has 1 aliphatic heterocycles. The Bertz CT molecular complexity index is 929. The van der Waals surface area contributed by atoms with Gasteiger partial charge in [-0.05, 0) is 36.9 Å². The van der Waals surface area contributed by atoms with E-state index < -0.39 is 0 Å². The van der Waals surface area contributed by atoms with Crippen LogP contribution in [0.15, 0.2) is 48.0 Å². The number of thiazole rings is 1. The SMILES string of the molecule is CC1CN(Cc2ccccc2NC(=O)c2cnc(-c3cccs3)s2)CC(C)O1. The second kappa shape index (κ2) is 8.53. The molecule has 7 heteroatoms. The molecule has 146 valence electrons. The maximum atomic E-state index is 12.8. The van der Waals surface area contributed by atoms with Gasteiger partial charge in [0, 0.05) is 25.3 Å². The number of thiophene rings is 1.